The molecule has 2 aromatic heterocycles. The van der Waals surface area contributed by atoms with Crippen molar-refractivity contribution >= 4 is 17.2 Å². The first-order valence-electron chi connectivity index (χ1n) is 8.12. The maximum Gasteiger partial charge on any atom is 0.241 e. The average Bonchev–Trinajstić information content (AvgIpc) is 3.24. The van der Waals surface area contributed by atoms with Gasteiger partial charge in [0.05, 0.1) is 17.3 Å². The molecule has 3 rings (SSSR count). The van der Waals surface area contributed by atoms with Crippen molar-refractivity contribution in [3.63, 3.8) is 0 Å². The number of hydrogen-bond donors (Lipinski definition) is 1. The number of thiophene rings is 1. The van der Waals surface area contributed by atoms with E-state index in [9.17, 15) is 4.79 Å². The smallest absolute Gasteiger partial charge is 0.241 e. The molecule has 0 aliphatic carbocycles. The number of rotatable bonds is 6. The molecule has 7 heteroatoms. The summed E-state index contributed by atoms with van der Waals surface area (Å²) in [6.07, 6.45) is 2.95. The van der Waals surface area contributed by atoms with Gasteiger partial charge in [0.25, 0.3) is 0 Å². The van der Waals surface area contributed by atoms with Crippen LogP contribution in [0.15, 0.2) is 22.0 Å². The number of amides is 1. The second-order valence-electron chi connectivity index (χ2n) is 5.85. The highest BCUT2D eigenvalue weighted by Crippen LogP contribution is 2.23. The third-order valence-electron chi connectivity index (χ3n) is 3.99. The number of likely N-dealkylation sites (tertiary alicyclic amines) is 1. The van der Waals surface area contributed by atoms with Gasteiger partial charge in [0.2, 0.25) is 17.6 Å². The Morgan fingerprint density at radius 3 is 3.26 bits per heavy atom. The van der Waals surface area contributed by atoms with Crippen LogP contribution in [0.5, 0.6) is 0 Å². The first kappa shape index (κ1) is 16.1. The molecule has 1 amide bonds. The van der Waals surface area contributed by atoms with Gasteiger partial charge >= 0.3 is 0 Å². The molecule has 0 aromatic carbocycles. The maximum absolute atomic E-state index is 12.1. The Kier molecular flexibility index (Phi) is 5.40. The minimum absolute atomic E-state index is 0.0648. The molecule has 6 nitrogen and oxygen atoms in total. The molecule has 1 fully saturated rings. The molecular weight excluding hydrogens is 312 g/mol. The van der Waals surface area contributed by atoms with Crippen molar-refractivity contribution in [1.29, 1.82) is 0 Å². The minimum atomic E-state index is 0.0648. The van der Waals surface area contributed by atoms with E-state index in [0.717, 1.165) is 43.8 Å². The molecule has 3 heterocycles. The molecule has 0 bridgehead atoms. The van der Waals surface area contributed by atoms with Crippen LogP contribution in [0.2, 0.25) is 0 Å². The van der Waals surface area contributed by atoms with E-state index in [0.29, 0.717) is 18.3 Å². The van der Waals surface area contributed by atoms with E-state index in [4.69, 9.17) is 4.52 Å². The highest BCUT2D eigenvalue weighted by Gasteiger charge is 2.26. The van der Waals surface area contributed by atoms with Gasteiger partial charge in [0.15, 0.2) is 0 Å². The van der Waals surface area contributed by atoms with Crippen molar-refractivity contribution in [1.82, 2.24) is 20.4 Å². The van der Waals surface area contributed by atoms with E-state index >= 15 is 0 Å². The Morgan fingerprint density at radius 2 is 2.48 bits per heavy atom. The Bertz CT molecular complexity index is 626. The summed E-state index contributed by atoms with van der Waals surface area (Å²) in [6.45, 7) is 5.15. The minimum Gasteiger partial charge on any atom is -0.356 e. The summed E-state index contributed by atoms with van der Waals surface area (Å²) in [5.74, 6) is 1.49. The van der Waals surface area contributed by atoms with E-state index in [1.807, 2.05) is 17.5 Å². The van der Waals surface area contributed by atoms with E-state index in [1.54, 1.807) is 11.3 Å². The van der Waals surface area contributed by atoms with Gasteiger partial charge in [-0.1, -0.05) is 18.1 Å². The predicted molar refractivity (Wildman–Crippen MR) is 88.9 cm³/mol. The van der Waals surface area contributed by atoms with Crippen LogP contribution in [0.3, 0.4) is 0 Å². The topological polar surface area (TPSA) is 71.3 Å². The zero-order valence-corrected chi connectivity index (χ0v) is 14.1. The predicted octanol–water partition coefficient (Wildman–Crippen LogP) is 2.54. The van der Waals surface area contributed by atoms with E-state index in [2.05, 4.69) is 27.3 Å². The summed E-state index contributed by atoms with van der Waals surface area (Å²) in [7, 11) is 0. The molecule has 1 saturated heterocycles. The highest BCUT2D eigenvalue weighted by atomic mass is 32.1. The summed E-state index contributed by atoms with van der Waals surface area (Å²) < 4.78 is 5.36. The fourth-order valence-corrected chi connectivity index (χ4v) is 3.47. The monoisotopic (exact) mass is 334 g/mol. The molecule has 2 aromatic rings. The fourth-order valence-electron chi connectivity index (χ4n) is 2.82. The Morgan fingerprint density at radius 1 is 1.57 bits per heavy atom. The van der Waals surface area contributed by atoms with E-state index in [-0.39, 0.29) is 11.8 Å². The van der Waals surface area contributed by atoms with E-state index < -0.39 is 0 Å². The molecule has 124 valence electrons. The van der Waals surface area contributed by atoms with Crippen molar-refractivity contribution in [2.75, 3.05) is 19.6 Å². The third-order valence-corrected chi connectivity index (χ3v) is 4.86. The zero-order chi connectivity index (χ0) is 16.1. The van der Waals surface area contributed by atoms with Gasteiger partial charge in [0.1, 0.15) is 0 Å². The molecule has 1 N–H and O–H groups in total. The van der Waals surface area contributed by atoms with Crippen molar-refractivity contribution in [2.45, 2.75) is 32.7 Å². The molecule has 0 spiro atoms. The number of piperidine rings is 1. The highest BCUT2D eigenvalue weighted by molar-refractivity contribution is 7.13. The molecule has 1 aliphatic rings. The van der Waals surface area contributed by atoms with Gasteiger partial charge < -0.3 is 9.84 Å². The lowest BCUT2D eigenvalue weighted by Gasteiger charge is -2.30. The Hall–Kier alpha value is -1.73. The van der Waals surface area contributed by atoms with Gasteiger partial charge in [-0.05, 0) is 37.3 Å². The van der Waals surface area contributed by atoms with Crippen LogP contribution >= 0.6 is 11.3 Å². The normalized spacial score (nSPS) is 18.9. The number of nitrogens with one attached hydrogen (secondary N) is 1. The van der Waals surface area contributed by atoms with Crippen molar-refractivity contribution < 1.29 is 9.32 Å². The van der Waals surface area contributed by atoms with Crippen LogP contribution in [0.1, 0.15) is 32.1 Å². The second kappa shape index (κ2) is 7.70. The Balaban J connectivity index is 1.56. The molecule has 1 unspecified atom stereocenters. The lowest BCUT2D eigenvalue weighted by Crippen LogP contribution is -2.42. The van der Waals surface area contributed by atoms with Gasteiger partial charge in [-0.2, -0.15) is 4.98 Å². The average molecular weight is 334 g/mol. The number of carbonyl (C=O) groups is 1. The lowest BCUT2D eigenvalue weighted by molar-refractivity contribution is -0.126. The largest absolute Gasteiger partial charge is 0.356 e. The third kappa shape index (κ3) is 4.17. The molecule has 1 atom stereocenters. The summed E-state index contributed by atoms with van der Waals surface area (Å²) >= 11 is 1.60. The van der Waals surface area contributed by atoms with Crippen LogP contribution in [-0.4, -0.2) is 40.6 Å². The summed E-state index contributed by atoms with van der Waals surface area (Å²) in [6, 6.07) is 3.95. The maximum atomic E-state index is 12.1. The number of nitrogens with zero attached hydrogens (tertiary/aromatic N) is 3. The van der Waals surface area contributed by atoms with E-state index in [1.165, 1.54) is 0 Å². The SMILES string of the molecule is CCCNC(=O)C1CCCN(Cc2nc(-c3cccs3)no2)C1. The van der Waals surface area contributed by atoms with Crippen LogP contribution in [-0.2, 0) is 11.3 Å². The quantitative estimate of drug-likeness (QED) is 0.879. The second-order valence-corrected chi connectivity index (χ2v) is 6.80. The van der Waals surface area contributed by atoms with Crippen LogP contribution in [0, 0.1) is 5.92 Å². The first-order valence-corrected chi connectivity index (χ1v) is 9.00. The number of aromatic nitrogens is 2. The number of hydrogen-bond acceptors (Lipinski definition) is 6. The first-order chi connectivity index (χ1) is 11.3. The molecular formula is C16H22N4O2S. The molecule has 0 radical (unpaired) electrons. The van der Waals surface area contributed by atoms with Crippen LogP contribution in [0.4, 0.5) is 0 Å². The van der Waals surface area contributed by atoms with Crippen LogP contribution < -0.4 is 5.32 Å². The van der Waals surface area contributed by atoms with Gasteiger partial charge in [0, 0.05) is 13.1 Å². The Labute approximate surface area is 139 Å². The van der Waals surface area contributed by atoms with Crippen molar-refractivity contribution in [2.24, 2.45) is 5.92 Å². The lowest BCUT2D eigenvalue weighted by atomic mass is 9.97. The van der Waals surface area contributed by atoms with Crippen molar-refractivity contribution in [3.8, 4) is 10.7 Å². The summed E-state index contributed by atoms with van der Waals surface area (Å²) in [5.41, 5.74) is 0. The standard InChI is InChI=1S/C16H22N4O2S/c1-2-7-17-16(21)12-5-3-8-20(10-12)11-14-18-15(19-22-14)13-6-4-9-23-13/h4,6,9,12H,2-3,5,7-8,10-11H2,1H3,(H,17,21). The number of carbonyl (C=O) groups excluding carboxylic acids is 1. The fraction of sp³-hybridized carbons (Fsp3) is 0.562. The molecule has 1 aliphatic heterocycles. The van der Waals surface area contributed by atoms with Gasteiger partial charge in [-0.15, -0.1) is 11.3 Å². The summed E-state index contributed by atoms with van der Waals surface area (Å²) in [4.78, 5) is 19.8. The molecule has 23 heavy (non-hydrogen) atoms. The van der Waals surface area contributed by atoms with Crippen molar-refractivity contribution in [3.05, 3.63) is 23.4 Å². The van der Waals surface area contributed by atoms with Gasteiger partial charge in [-0.3, -0.25) is 9.69 Å². The summed E-state index contributed by atoms with van der Waals surface area (Å²) in [5, 5.41) is 9.03. The zero-order valence-electron chi connectivity index (χ0n) is 13.3. The van der Waals surface area contributed by atoms with Gasteiger partial charge in [-0.25, -0.2) is 0 Å². The molecule has 0 saturated carbocycles. The van der Waals surface area contributed by atoms with Crippen LogP contribution in [0.25, 0.3) is 10.7 Å².